The molecular formula is C22H29N3O5S2. The number of nitrogens with zero attached hydrogens (tertiary/aromatic N) is 2. The molecule has 2 amide bonds. The van der Waals surface area contributed by atoms with Crippen molar-refractivity contribution in [3.05, 3.63) is 28.6 Å². The Morgan fingerprint density at radius 1 is 1.19 bits per heavy atom. The summed E-state index contributed by atoms with van der Waals surface area (Å²) in [5.74, 6) is -0.366. The average Bonchev–Trinajstić information content (AvgIpc) is 3.13. The molecule has 3 rings (SSSR count). The van der Waals surface area contributed by atoms with Gasteiger partial charge in [-0.25, -0.2) is 4.79 Å². The highest BCUT2D eigenvalue weighted by Gasteiger charge is 2.16. The van der Waals surface area contributed by atoms with Crippen molar-refractivity contribution >= 4 is 51.1 Å². The van der Waals surface area contributed by atoms with Gasteiger partial charge in [0.05, 0.1) is 41.0 Å². The highest BCUT2D eigenvalue weighted by Crippen LogP contribution is 2.20. The molecule has 2 aromatic rings. The first-order chi connectivity index (χ1) is 15.5. The van der Waals surface area contributed by atoms with Gasteiger partial charge in [-0.3, -0.25) is 9.59 Å². The van der Waals surface area contributed by atoms with Crippen molar-refractivity contribution in [1.29, 1.82) is 0 Å². The lowest BCUT2D eigenvalue weighted by Gasteiger charge is -2.22. The van der Waals surface area contributed by atoms with E-state index in [0.29, 0.717) is 23.5 Å². The summed E-state index contributed by atoms with van der Waals surface area (Å²) in [6, 6.07) is 5.52. The van der Waals surface area contributed by atoms with Crippen LogP contribution >= 0.6 is 23.1 Å². The molecule has 1 fully saturated rings. The number of carbonyl (C=O) groups excluding carboxylic acids is 3. The Bertz CT molecular complexity index is 1020. The molecule has 174 valence electrons. The van der Waals surface area contributed by atoms with Gasteiger partial charge in [-0.05, 0) is 31.0 Å². The van der Waals surface area contributed by atoms with E-state index >= 15 is 0 Å². The third kappa shape index (κ3) is 6.66. The number of aromatic nitrogens is 1. The molecule has 1 aromatic heterocycles. The molecule has 0 spiro atoms. The Morgan fingerprint density at radius 2 is 1.97 bits per heavy atom. The van der Waals surface area contributed by atoms with Crippen molar-refractivity contribution in [1.82, 2.24) is 9.88 Å². The summed E-state index contributed by atoms with van der Waals surface area (Å²) in [6.07, 6.45) is 5.64. The molecule has 0 bridgehead atoms. The van der Waals surface area contributed by atoms with Crippen molar-refractivity contribution in [2.45, 2.75) is 44.7 Å². The first-order valence-electron chi connectivity index (χ1n) is 10.7. The lowest BCUT2D eigenvalue weighted by Crippen LogP contribution is -2.37. The van der Waals surface area contributed by atoms with E-state index in [1.54, 1.807) is 19.2 Å². The number of fused-ring (bicyclic) bond motifs is 1. The Kier molecular flexibility index (Phi) is 9.31. The Balaban J connectivity index is 1.67. The number of esters is 1. The number of hydrogen-bond acceptors (Lipinski definition) is 7. The number of hydrogen-bond donors (Lipinski definition) is 1. The van der Waals surface area contributed by atoms with E-state index in [4.69, 9.17) is 9.47 Å². The second kappa shape index (κ2) is 12.2. The second-order valence-corrected chi connectivity index (χ2v) is 9.60. The Labute approximate surface area is 195 Å². The van der Waals surface area contributed by atoms with Crippen molar-refractivity contribution in [3.8, 4) is 0 Å². The van der Waals surface area contributed by atoms with Crippen LogP contribution in [0.15, 0.2) is 23.2 Å². The summed E-state index contributed by atoms with van der Waals surface area (Å²) >= 11 is 2.60. The van der Waals surface area contributed by atoms with Gasteiger partial charge in [0.15, 0.2) is 4.80 Å². The fourth-order valence-corrected chi connectivity index (χ4v) is 5.41. The Hall–Kier alpha value is -2.17. The standard InChI is InChI=1S/C22H29N3O5S2/c1-29-11-10-25-17-9-8-15(21(28)30-2)12-18(17)32-22(25)24-20(27)14-31-13-19(26)23-16-6-4-3-5-7-16/h8-9,12,16H,3-7,10-11,13-14H2,1-2H3,(H,23,26). The quantitative estimate of drug-likeness (QED) is 0.555. The molecular weight excluding hydrogens is 450 g/mol. The van der Waals surface area contributed by atoms with Gasteiger partial charge in [0.1, 0.15) is 0 Å². The maximum Gasteiger partial charge on any atom is 0.337 e. The van der Waals surface area contributed by atoms with Crippen LogP contribution in [0, 0.1) is 0 Å². The molecule has 8 nitrogen and oxygen atoms in total. The van der Waals surface area contributed by atoms with Crippen LogP contribution < -0.4 is 10.1 Å². The lowest BCUT2D eigenvalue weighted by atomic mass is 9.95. The van der Waals surface area contributed by atoms with Gasteiger partial charge in [-0.2, -0.15) is 4.99 Å². The highest BCUT2D eigenvalue weighted by atomic mass is 32.2. The van der Waals surface area contributed by atoms with Gasteiger partial charge in [0.25, 0.3) is 5.91 Å². The number of rotatable bonds is 9. The van der Waals surface area contributed by atoms with E-state index in [0.717, 1.165) is 35.9 Å². The van der Waals surface area contributed by atoms with Crippen molar-refractivity contribution in [2.24, 2.45) is 4.99 Å². The number of methoxy groups -OCH3 is 2. The summed E-state index contributed by atoms with van der Waals surface area (Å²) in [6.45, 7) is 0.985. The number of nitrogens with one attached hydrogen (secondary N) is 1. The van der Waals surface area contributed by atoms with Crippen LogP contribution in [0.25, 0.3) is 10.2 Å². The lowest BCUT2D eigenvalue weighted by molar-refractivity contribution is -0.119. The van der Waals surface area contributed by atoms with Gasteiger partial charge in [-0.15, -0.1) is 11.8 Å². The van der Waals surface area contributed by atoms with Crippen LogP contribution in [0.4, 0.5) is 0 Å². The monoisotopic (exact) mass is 479 g/mol. The van der Waals surface area contributed by atoms with Gasteiger partial charge >= 0.3 is 5.97 Å². The summed E-state index contributed by atoms with van der Waals surface area (Å²) in [7, 11) is 2.95. The zero-order valence-electron chi connectivity index (χ0n) is 18.4. The largest absolute Gasteiger partial charge is 0.465 e. The molecule has 0 aliphatic heterocycles. The Morgan fingerprint density at radius 3 is 2.69 bits per heavy atom. The first-order valence-corrected chi connectivity index (χ1v) is 12.6. The summed E-state index contributed by atoms with van der Waals surface area (Å²) in [4.78, 5) is 41.3. The topological polar surface area (TPSA) is 99.0 Å². The van der Waals surface area contributed by atoms with Gasteiger partial charge in [-0.1, -0.05) is 30.6 Å². The predicted molar refractivity (Wildman–Crippen MR) is 126 cm³/mol. The minimum absolute atomic E-state index is 0.0259. The van der Waals surface area contributed by atoms with E-state index in [1.807, 2.05) is 10.6 Å². The molecule has 1 aliphatic rings. The van der Waals surface area contributed by atoms with Crippen molar-refractivity contribution < 1.29 is 23.9 Å². The number of thiazole rings is 1. The molecule has 1 aliphatic carbocycles. The predicted octanol–water partition coefficient (Wildman–Crippen LogP) is 2.75. The normalized spacial score (nSPS) is 15.1. The van der Waals surface area contributed by atoms with E-state index in [2.05, 4.69) is 10.3 Å². The highest BCUT2D eigenvalue weighted by molar-refractivity contribution is 8.00. The third-order valence-electron chi connectivity index (χ3n) is 5.27. The molecule has 1 aromatic carbocycles. The number of thioether (sulfide) groups is 1. The molecule has 1 N–H and O–H groups in total. The minimum atomic E-state index is -0.416. The summed E-state index contributed by atoms with van der Waals surface area (Å²) < 4.78 is 12.7. The SMILES string of the molecule is COCCn1c(=NC(=O)CSCC(=O)NC2CCCCC2)sc2cc(C(=O)OC)ccc21. The van der Waals surface area contributed by atoms with Crippen LogP contribution in [0.3, 0.4) is 0 Å². The van der Waals surface area contributed by atoms with Crippen LogP contribution in [0.5, 0.6) is 0 Å². The smallest absolute Gasteiger partial charge is 0.337 e. The zero-order valence-corrected chi connectivity index (χ0v) is 20.1. The number of ether oxygens (including phenoxy) is 2. The van der Waals surface area contributed by atoms with Crippen LogP contribution in [-0.2, 0) is 25.6 Å². The van der Waals surface area contributed by atoms with Crippen LogP contribution in [0.1, 0.15) is 42.5 Å². The summed E-state index contributed by atoms with van der Waals surface area (Å²) in [5, 5.41) is 3.06. The van der Waals surface area contributed by atoms with Crippen molar-refractivity contribution in [2.75, 3.05) is 32.3 Å². The van der Waals surface area contributed by atoms with Crippen LogP contribution in [0.2, 0.25) is 0 Å². The molecule has 0 atom stereocenters. The molecule has 0 saturated heterocycles. The maximum atomic E-state index is 12.5. The minimum Gasteiger partial charge on any atom is -0.465 e. The fraction of sp³-hybridized carbons (Fsp3) is 0.545. The van der Waals surface area contributed by atoms with Crippen LogP contribution in [-0.4, -0.2) is 60.7 Å². The van der Waals surface area contributed by atoms with Crippen molar-refractivity contribution in [3.63, 3.8) is 0 Å². The van der Waals surface area contributed by atoms with Gasteiger partial charge in [0.2, 0.25) is 5.91 Å². The van der Waals surface area contributed by atoms with E-state index in [1.165, 1.54) is 36.6 Å². The van der Waals surface area contributed by atoms with E-state index in [-0.39, 0.29) is 29.4 Å². The molecule has 32 heavy (non-hydrogen) atoms. The summed E-state index contributed by atoms with van der Waals surface area (Å²) in [5.41, 5.74) is 1.31. The molecule has 10 heteroatoms. The third-order valence-corrected chi connectivity index (χ3v) is 7.23. The molecule has 0 radical (unpaired) electrons. The second-order valence-electron chi connectivity index (χ2n) is 7.60. The molecule has 1 saturated carbocycles. The first kappa shape index (κ1) is 24.5. The number of carbonyl (C=O) groups is 3. The average molecular weight is 480 g/mol. The molecule has 1 heterocycles. The zero-order chi connectivity index (χ0) is 22.9. The van der Waals surface area contributed by atoms with E-state index in [9.17, 15) is 14.4 Å². The number of amides is 2. The van der Waals surface area contributed by atoms with E-state index < -0.39 is 5.97 Å². The number of benzene rings is 1. The molecule has 0 unspecified atom stereocenters. The maximum absolute atomic E-state index is 12.5. The van der Waals surface area contributed by atoms with Gasteiger partial charge in [0, 0.05) is 19.7 Å². The fourth-order valence-electron chi connectivity index (χ4n) is 3.69. The van der Waals surface area contributed by atoms with Gasteiger partial charge < -0.3 is 19.4 Å².